The van der Waals surface area contributed by atoms with Crippen molar-refractivity contribution in [3.05, 3.63) is 65.7 Å². The molecule has 0 saturated carbocycles. The largest absolute Gasteiger partial charge is 0.345 e. The lowest BCUT2D eigenvalue weighted by molar-refractivity contribution is 0.103. The number of nitrogens with zero attached hydrogens (tertiary/aromatic N) is 6. The Morgan fingerprint density at radius 3 is 2.53 bits per heavy atom. The molecule has 3 aromatic heterocycles. The second kappa shape index (κ2) is 11.0. The van der Waals surface area contributed by atoms with Crippen LogP contribution in [0.4, 0.5) is 20.4 Å². The summed E-state index contributed by atoms with van der Waals surface area (Å²) in [6.45, 7) is 6.26. The molecule has 38 heavy (non-hydrogen) atoms. The Hall–Kier alpha value is -3.61. The second-order valence-electron chi connectivity index (χ2n) is 9.14. The molecular formula is C26H28F2N8OS. The molecular weight excluding hydrogens is 510 g/mol. The first kappa shape index (κ1) is 26.0. The minimum absolute atomic E-state index is 0.0243. The number of H-pyrrole nitrogens is 1. The van der Waals surface area contributed by atoms with Gasteiger partial charge in [0.2, 0.25) is 11.7 Å². The van der Waals surface area contributed by atoms with Crippen LogP contribution < -0.4 is 9.62 Å². The van der Waals surface area contributed by atoms with Crippen LogP contribution in [0.15, 0.2) is 43.0 Å². The zero-order valence-electron chi connectivity index (χ0n) is 21.3. The van der Waals surface area contributed by atoms with Gasteiger partial charge in [0, 0.05) is 91.7 Å². The number of carbonyl (C=O) groups excluding carboxylic acids is 1. The van der Waals surface area contributed by atoms with Crippen molar-refractivity contribution >= 4 is 40.6 Å². The number of nitrogens with one attached hydrogen (secondary N) is 2. The number of ketones is 1. The van der Waals surface area contributed by atoms with Gasteiger partial charge in [-0.15, -0.1) is 0 Å². The Balaban J connectivity index is 1.43. The van der Waals surface area contributed by atoms with Gasteiger partial charge in [-0.2, -0.15) is 0 Å². The normalized spacial score (nSPS) is 14.4. The highest BCUT2D eigenvalue weighted by Gasteiger charge is 2.25. The molecule has 198 valence electrons. The fraction of sp³-hybridized carbons (Fsp3) is 0.308. The highest BCUT2D eigenvalue weighted by molar-refractivity contribution is 7.98. The van der Waals surface area contributed by atoms with E-state index >= 15 is 4.39 Å². The van der Waals surface area contributed by atoms with Crippen molar-refractivity contribution < 1.29 is 13.6 Å². The zero-order valence-corrected chi connectivity index (χ0v) is 22.1. The number of anilines is 2. The number of hydrogen-bond donors (Lipinski definition) is 2. The van der Waals surface area contributed by atoms with Gasteiger partial charge >= 0.3 is 0 Å². The van der Waals surface area contributed by atoms with Gasteiger partial charge in [-0.05, 0) is 32.3 Å². The van der Waals surface area contributed by atoms with E-state index in [1.807, 2.05) is 18.3 Å². The van der Waals surface area contributed by atoms with Crippen LogP contribution in [0.5, 0.6) is 0 Å². The number of piperazine rings is 1. The molecule has 0 unspecified atom stereocenters. The average Bonchev–Trinajstić information content (AvgIpc) is 3.36. The number of likely N-dealkylation sites (N-methyl/N-ethyl adjacent to an activating group) is 1. The Labute approximate surface area is 223 Å². The lowest BCUT2D eigenvalue weighted by Gasteiger charge is -2.32. The molecule has 4 aromatic rings. The summed E-state index contributed by atoms with van der Waals surface area (Å²) >= 11 is 1.16. The summed E-state index contributed by atoms with van der Waals surface area (Å²) in [4.78, 5) is 34.2. The van der Waals surface area contributed by atoms with E-state index in [-0.39, 0.29) is 11.3 Å². The van der Waals surface area contributed by atoms with Crippen LogP contribution in [0.2, 0.25) is 0 Å². The van der Waals surface area contributed by atoms with Crippen LogP contribution in [-0.4, -0.2) is 81.7 Å². The first-order valence-electron chi connectivity index (χ1n) is 12.3. The Morgan fingerprint density at radius 2 is 1.82 bits per heavy atom. The second-order valence-corrected chi connectivity index (χ2v) is 10.1. The molecule has 0 atom stereocenters. The standard InChI is InChI=1S/C26H28F2N8OS/c1-4-35(3)38-33-21-6-5-20(27)22(23(21)28)24(37)19-15-30-25-18(19)11-16(12-29-25)17-13-31-26(32-14-17)36-9-7-34(2)8-10-36/h5-6,11-15,33H,4,7-10H2,1-3H3,(H,29,30). The molecule has 12 heteroatoms. The number of fused-ring (bicyclic) bond motifs is 1. The molecule has 5 rings (SSSR count). The summed E-state index contributed by atoms with van der Waals surface area (Å²) in [6, 6.07) is 4.12. The van der Waals surface area contributed by atoms with Gasteiger partial charge in [-0.25, -0.2) is 28.0 Å². The number of halogens is 2. The van der Waals surface area contributed by atoms with Crippen LogP contribution >= 0.6 is 12.1 Å². The van der Waals surface area contributed by atoms with Gasteiger partial charge in [-0.3, -0.25) is 4.79 Å². The number of aromatic nitrogens is 4. The molecule has 9 nitrogen and oxygen atoms in total. The summed E-state index contributed by atoms with van der Waals surface area (Å²) in [5, 5.41) is 0.452. The van der Waals surface area contributed by atoms with E-state index < -0.39 is 23.0 Å². The third-order valence-electron chi connectivity index (χ3n) is 6.61. The smallest absolute Gasteiger partial charge is 0.225 e. The minimum Gasteiger partial charge on any atom is -0.345 e. The number of hydrogen-bond acceptors (Lipinski definition) is 9. The van der Waals surface area contributed by atoms with Crippen molar-refractivity contribution in [3.63, 3.8) is 0 Å². The van der Waals surface area contributed by atoms with E-state index in [1.54, 1.807) is 24.7 Å². The predicted molar refractivity (Wildman–Crippen MR) is 146 cm³/mol. The predicted octanol–water partition coefficient (Wildman–Crippen LogP) is 4.21. The van der Waals surface area contributed by atoms with Crippen LogP contribution in [0, 0.1) is 11.6 Å². The SMILES string of the molecule is CCN(C)SNc1ccc(F)c(C(=O)c2c[nH]c3ncc(-c4cnc(N5CCN(C)CC5)nc4)cc23)c1F. The highest BCUT2D eigenvalue weighted by atomic mass is 32.2. The van der Waals surface area contributed by atoms with Crippen molar-refractivity contribution in [3.8, 4) is 11.1 Å². The van der Waals surface area contributed by atoms with Crippen LogP contribution in [0.1, 0.15) is 22.8 Å². The van der Waals surface area contributed by atoms with Crippen LogP contribution in [0.3, 0.4) is 0 Å². The van der Waals surface area contributed by atoms with Crippen LogP contribution in [-0.2, 0) is 0 Å². The molecule has 1 aliphatic heterocycles. The molecule has 1 aromatic carbocycles. The number of rotatable bonds is 8. The van der Waals surface area contributed by atoms with Gasteiger partial charge in [-0.1, -0.05) is 6.92 Å². The van der Waals surface area contributed by atoms with Crippen molar-refractivity contribution in [1.82, 2.24) is 29.1 Å². The molecule has 0 bridgehead atoms. The maximum Gasteiger partial charge on any atom is 0.225 e. The molecule has 0 aliphatic carbocycles. The Bertz CT molecular complexity index is 1450. The van der Waals surface area contributed by atoms with E-state index in [2.05, 4.69) is 41.5 Å². The maximum atomic E-state index is 15.3. The summed E-state index contributed by atoms with van der Waals surface area (Å²) in [7, 11) is 3.92. The molecule has 0 spiro atoms. The third kappa shape index (κ3) is 5.19. The Kier molecular flexibility index (Phi) is 7.54. The maximum absolute atomic E-state index is 15.3. The lowest BCUT2D eigenvalue weighted by Crippen LogP contribution is -2.45. The lowest BCUT2D eigenvalue weighted by atomic mass is 10.0. The minimum atomic E-state index is -0.946. The highest BCUT2D eigenvalue weighted by Crippen LogP contribution is 2.30. The monoisotopic (exact) mass is 538 g/mol. The third-order valence-corrected chi connectivity index (χ3v) is 7.49. The quantitative estimate of drug-likeness (QED) is 0.253. The van der Waals surface area contributed by atoms with Gasteiger partial charge in [0.25, 0.3) is 0 Å². The van der Waals surface area contributed by atoms with E-state index in [0.29, 0.717) is 29.1 Å². The number of aromatic amines is 1. The first-order chi connectivity index (χ1) is 18.4. The average molecular weight is 539 g/mol. The van der Waals surface area contributed by atoms with Gasteiger partial charge in [0.05, 0.1) is 11.3 Å². The van der Waals surface area contributed by atoms with Crippen molar-refractivity contribution in [2.45, 2.75) is 6.92 Å². The van der Waals surface area contributed by atoms with Crippen LogP contribution in [0.25, 0.3) is 22.2 Å². The van der Waals surface area contributed by atoms with E-state index in [9.17, 15) is 9.18 Å². The number of carbonyl (C=O) groups is 1. The van der Waals surface area contributed by atoms with Crippen molar-refractivity contribution in [2.24, 2.45) is 0 Å². The molecule has 1 saturated heterocycles. The summed E-state index contributed by atoms with van der Waals surface area (Å²) in [5.41, 5.74) is 1.36. The van der Waals surface area contributed by atoms with Crippen molar-refractivity contribution in [1.29, 1.82) is 0 Å². The molecule has 0 radical (unpaired) electrons. The fourth-order valence-electron chi connectivity index (χ4n) is 4.15. The molecule has 2 N–H and O–H groups in total. The van der Waals surface area contributed by atoms with E-state index in [0.717, 1.165) is 49.9 Å². The Morgan fingerprint density at radius 1 is 1.11 bits per heavy atom. The number of benzene rings is 1. The summed E-state index contributed by atoms with van der Waals surface area (Å²) < 4.78 is 34.7. The fourth-order valence-corrected chi connectivity index (χ4v) is 4.70. The summed E-state index contributed by atoms with van der Waals surface area (Å²) in [5.74, 6) is -1.99. The molecule has 1 aliphatic rings. The van der Waals surface area contributed by atoms with E-state index in [1.165, 1.54) is 12.3 Å². The first-order valence-corrected chi connectivity index (χ1v) is 13.0. The topological polar surface area (TPSA) is 93.3 Å². The van der Waals surface area contributed by atoms with E-state index in [4.69, 9.17) is 0 Å². The molecule has 0 amide bonds. The van der Waals surface area contributed by atoms with Gasteiger partial charge in [0.15, 0.2) is 5.82 Å². The van der Waals surface area contributed by atoms with Gasteiger partial charge < -0.3 is 19.5 Å². The van der Waals surface area contributed by atoms with Crippen molar-refractivity contribution in [2.75, 3.05) is 56.4 Å². The molecule has 4 heterocycles. The van der Waals surface area contributed by atoms with Gasteiger partial charge in [0.1, 0.15) is 11.5 Å². The zero-order chi connectivity index (χ0) is 26.8. The number of pyridine rings is 1. The molecule has 1 fully saturated rings. The summed E-state index contributed by atoms with van der Waals surface area (Å²) in [6.07, 6.45) is 6.51.